The van der Waals surface area contributed by atoms with Gasteiger partial charge in [-0.25, -0.2) is 0 Å². The van der Waals surface area contributed by atoms with Crippen molar-refractivity contribution in [3.63, 3.8) is 0 Å². The molecule has 0 saturated heterocycles. The third-order valence-corrected chi connectivity index (χ3v) is 11.9. The average Bonchev–Trinajstić information content (AvgIpc) is 3.55. The second kappa shape index (κ2) is 12.0. The number of nitrogens with zero attached hydrogens (tertiary/aromatic N) is 2. The molecule has 0 aliphatic carbocycles. The van der Waals surface area contributed by atoms with Gasteiger partial charge in [-0.3, -0.25) is 0 Å². The molecular weight excluding hydrogens is 677 g/mol. The molecule has 11 aromatic rings. The van der Waals surface area contributed by atoms with Gasteiger partial charge >= 0.3 is 0 Å². The maximum atomic E-state index is 2.45. The lowest BCUT2D eigenvalue weighted by Gasteiger charge is -2.27. The summed E-state index contributed by atoms with van der Waals surface area (Å²) in [6.07, 6.45) is 0. The van der Waals surface area contributed by atoms with Crippen LogP contribution in [-0.2, 0) is 0 Å². The fraction of sp³-hybridized carbons (Fsp3) is 0. The van der Waals surface area contributed by atoms with Crippen LogP contribution in [0.2, 0.25) is 0 Å². The van der Waals surface area contributed by atoms with Gasteiger partial charge in [0, 0.05) is 38.8 Å². The predicted octanol–water partition coefficient (Wildman–Crippen LogP) is 15.0. The normalized spacial score (nSPS) is 12.2. The van der Waals surface area contributed by atoms with Gasteiger partial charge < -0.3 is 9.47 Å². The molecular formula is C54H34N2. The zero-order chi connectivity index (χ0) is 36.7. The van der Waals surface area contributed by atoms with Crippen LogP contribution >= 0.6 is 0 Å². The van der Waals surface area contributed by atoms with Gasteiger partial charge in [0.2, 0.25) is 0 Å². The van der Waals surface area contributed by atoms with E-state index in [0.29, 0.717) is 0 Å². The molecule has 10 aromatic carbocycles. The minimum absolute atomic E-state index is 1.14. The fourth-order valence-electron chi connectivity index (χ4n) is 9.49. The standard InChI is InChI=1S/C54H34N2/c1-2-14-37(15-3-1)55-49-23-11-8-20-44(49)45-32-33-52-54(53(45)46-21-9-12-24-50(46)55)47-22-10-13-25-51(47)56(52)38-29-26-35(27-30-38)36-28-31-43-41-18-5-4-16-39(41)40-17-6-7-19-42(40)48(43)34-36/h1-34H. The lowest BCUT2D eigenvalue weighted by atomic mass is 9.90. The summed E-state index contributed by atoms with van der Waals surface area (Å²) < 4.78 is 2.45. The fourth-order valence-corrected chi connectivity index (χ4v) is 9.49. The number of hydrogen-bond acceptors (Lipinski definition) is 1. The molecule has 0 unspecified atom stereocenters. The van der Waals surface area contributed by atoms with E-state index in [9.17, 15) is 0 Å². The van der Waals surface area contributed by atoms with E-state index < -0.39 is 0 Å². The first-order valence-electron chi connectivity index (χ1n) is 19.4. The Balaban J connectivity index is 1.06. The number of anilines is 3. The highest BCUT2D eigenvalue weighted by atomic mass is 15.1. The van der Waals surface area contributed by atoms with Crippen molar-refractivity contribution in [3.8, 4) is 39.1 Å². The Kier molecular flexibility index (Phi) is 6.66. The number of fused-ring (bicyclic) bond motifs is 15. The highest BCUT2D eigenvalue weighted by Gasteiger charge is 2.29. The zero-order valence-corrected chi connectivity index (χ0v) is 30.5. The second-order valence-electron chi connectivity index (χ2n) is 14.8. The van der Waals surface area contributed by atoms with E-state index >= 15 is 0 Å². The molecule has 2 nitrogen and oxygen atoms in total. The molecule has 0 spiro atoms. The summed E-state index contributed by atoms with van der Waals surface area (Å²) in [4.78, 5) is 2.42. The quantitative estimate of drug-likeness (QED) is 0.166. The highest BCUT2D eigenvalue weighted by molar-refractivity contribution is 6.26. The van der Waals surface area contributed by atoms with Gasteiger partial charge in [0.1, 0.15) is 0 Å². The molecule has 56 heavy (non-hydrogen) atoms. The van der Waals surface area contributed by atoms with E-state index in [4.69, 9.17) is 0 Å². The number of rotatable bonds is 3. The Morgan fingerprint density at radius 3 is 1.54 bits per heavy atom. The van der Waals surface area contributed by atoms with E-state index in [1.165, 1.54) is 98.9 Å². The SMILES string of the molecule is c1ccc(N2c3ccccc3-c3ccc4c(c3-c3ccccc32)c2ccccc2n4-c2ccc(-c3ccc4c5ccccc5c5ccccc5c4c3)cc2)cc1. The van der Waals surface area contributed by atoms with E-state index in [-0.39, 0.29) is 0 Å². The molecule has 2 heteroatoms. The van der Waals surface area contributed by atoms with Crippen molar-refractivity contribution < 1.29 is 0 Å². The second-order valence-corrected chi connectivity index (χ2v) is 14.8. The van der Waals surface area contributed by atoms with Crippen molar-refractivity contribution in [1.82, 2.24) is 4.57 Å². The van der Waals surface area contributed by atoms with Crippen LogP contribution in [0.25, 0.3) is 93.2 Å². The smallest absolute Gasteiger partial charge is 0.0547 e. The summed E-state index contributed by atoms with van der Waals surface area (Å²) in [5, 5.41) is 10.3. The van der Waals surface area contributed by atoms with Gasteiger partial charge in [0.25, 0.3) is 0 Å². The number of benzene rings is 10. The van der Waals surface area contributed by atoms with Gasteiger partial charge in [-0.1, -0.05) is 152 Å². The molecule has 0 saturated carbocycles. The lowest BCUT2D eigenvalue weighted by Crippen LogP contribution is -2.10. The van der Waals surface area contributed by atoms with E-state index in [0.717, 1.165) is 11.4 Å². The largest absolute Gasteiger partial charge is 0.309 e. The Morgan fingerprint density at radius 1 is 0.286 bits per heavy atom. The van der Waals surface area contributed by atoms with Crippen molar-refractivity contribution >= 4 is 71.2 Å². The molecule has 0 fully saturated rings. The van der Waals surface area contributed by atoms with Crippen LogP contribution in [0, 0.1) is 0 Å². The first kappa shape index (κ1) is 31.0. The van der Waals surface area contributed by atoms with Crippen LogP contribution in [0.1, 0.15) is 0 Å². The number of hydrogen-bond donors (Lipinski definition) is 0. The van der Waals surface area contributed by atoms with Crippen molar-refractivity contribution in [2.45, 2.75) is 0 Å². The van der Waals surface area contributed by atoms with E-state index in [2.05, 4.69) is 216 Å². The van der Waals surface area contributed by atoms with Gasteiger partial charge in [-0.2, -0.15) is 0 Å². The molecule has 0 radical (unpaired) electrons. The van der Waals surface area contributed by atoms with Gasteiger partial charge in [-0.15, -0.1) is 0 Å². The van der Waals surface area contributed by atoms with Crippen LogP contribution < -0.4 is 4.90 Å². The molecule has 260 valence electrons. The summed E-state index contributed by atoms with van der Waals surface area (Å²) >= 11 is 0. The molecule has 1 aromatic heterocycles. The van der Waals surface area contributed by atoms with Crippen molar-refractivity contribution in [3.05, 3.63) is 206 Å². The van der Waals surface area contributed by atoms with Gasteiger partial charge in [0.05, 0.1) is 22.4 Å². The molecule has 1 aliphatic rings. The first-order valence-corrected chi connectivity index (χ1v) is 19.4. The summed E-state index contributed by atoms with van der Waals surface area (Å²) in [6, 6.07) is 75.8. The Morgan fingerprint density at radius 2 is 0.821 bits per heavy atom. The molecule has 0 atom stereocenters. The minimum Gasteiger partial charge on any atom is -0.309 e. The predicted molar refractivity (Wildman–Crippen MR) is 238 cm³/mol. The molecule has 1 aliphatic heterocycles. The monoisotopic (exact) mass is 710 g/mol. The Bertz CT molecular complexity index is 3320. The minimum atomic E-state index is 1.14. The van der Waals surface area contributed by atoms with Crippen LogP contribution in [0.3, 0.4) is 0 Å². The topological polar surface area (TPSA) is 8.17 Å². The molecule has 12 rings (SSSR count). The van der Waals surface area contributed by atoms with Crippen molar-refractivity contribution in [2.24, 2.45) is 0 Å². The highest BCUT2D eigenvalue weighted by Crippen LogP contribution is 2.54. The third kappa shape index (κ3) is 4.44. The number of aromatic nitrogens is 1. The molecule has 2 heterocycles. The molecule has 0 bridgehead atoms. The van der Waals surface area contributed by atoms with E-state index in [1.54, 1.807) is 0 Å². The zero-order valence-electron chi connectivity index (χ0n) is 30.5. The van der Waals surface area contributed by atoms with Crippen LogP contribution in [-0.4, -0.2) is 4.57 Å². The van der Waals surface area contributed by atoms with Crippen LogP contribution in [0.15, 0.2) is 206 Å². The third-order valence-electron chi connectivity index (χ3n) is 11.9. The first-order chi connectivity index (χ1) is 27.8. The molecule has 0 N–H and O–H groups in total. The van der Waals surface area contributed by atoms with Gasteiger partial charge in [0.15, 0.2) is 0 Å². The van der Waals surface area contributed by atoms with E-state index in [1.807, 2.05) is 0 Å². The maximum absolute atomic E-state index is 2.45. The Labute approximate surface area is 324 Å². The van der Waals surface area contributed by atoms with Crippen LogP contribution in [0.5, 0.6) is 0 Å². The van der Waals surface area contributed by atoms with Gasteiger partial charge in [-0.05, 0) is 104 Å². The summed E-state index contributed by atoms with van der Waals surface area (Å²) in [5.74, 6) is 0. The molecule has 0 amide bonds. The Hall–Kier alpha value is -7.42. The maximum Gasteiger partial charge on any atom is 0.0547 e. The van der Waals surface area contributed by atoms with Crippen molar-refractivity contribution in [2.75, 3.05) is 4.90 Å². The number of para-hydroxylation sites is 4. The summed E-state index contributed by atoms with van der Waals surface area (Å²) in [6.45, 7) is 0. The van der Waals surface area contributed by atoms with Crippen LogP contribution in [0.4, 0.5) is 17.1 Å². The average molecular weight is 711 g/mol. The lowest BCUT2D eigenvalue weighted by molar-refractivity contribution is 1.18. The summed E-state index contributed by atoms with van der Waals surface area (Å²) in [5.41, 5.74) is 14.4. The summed E-state index contributed by atoms with van der Waals surface area (Å²) in [7, 11) is 0. The van der Waals surface area contributed by atoms with Crippen molar-refractivity contribution in [1.29, 1.82) is 0 Å².